The van der Waals surface area contributed by atoms with Gasteiger partial charge in [-0.2, -0.15) is 0 Å². The molecule has 1 amide bonds. The highest BCUT2D eigenvalue weighted by atomic mass is 16.1. The minimum absolute atomic E-state index is 0.0232. The molecule has 98 valence electrons. The largest absolute Gasteiger partial charge is 0.326 e. The van der Waals surface area contributed by atoms with Crippen LogP contribution < -0.4 is 5.32 Å². The molecule has 0 aliphatic rings. The topological polar surface area (TPSA) is 46.2 Å². The lowest BCUT2D eigenvalue weighted by atomic mass is 9.86. The van der Waals surface area contributed by atoms with E-state index in [1.165, 1.54) is 0 Å². The molecule has 1 rings (SSSR count). The third-order valence-corrected chi connectivity index (χ3v) is 2.62. The maximum atomic E-state index is 12.0. The maximum absolute atomic E-state index is 12.0. The number of ketones is 1. The molecule has 0 spiro atoms. The van der Waals surface area contributed by atoms with Gasteiger partial charge in [0.25, 0.3) is 0 Å². The molecule has 3 nitrogen and oxygen atoms in total. The molecule has 0 saturated heterocycles. The van der Waals surface area contributed by atoms with Crippen molar-refractivity contribution < 1.29 is 9.59 Å². The molecular formula is C15H21NO2. The summed E-state index contributed by atoms with van der Waals surface area (Å²) in [6.07, 6.45) is 0. The average molecular weight is 247 g/mol. The Morgan fingerprint density at radius 2 is 1.56 bits per heavy atom. The Labute approximate surface area is 109 Å². The lowest BCUT2D eigenvalue weighted by molar-refractivity contribution is -0.118. The van der Waals surface area contributed by atoms with Crippen LogP contribution in [0.2, 0.25) is 0 Å². The number of nitrogens with one attached hydrogen (secondary N) is 1. The Kier molecular flexibility index (Phi) is 4.28. The fourth-order valence-corrected chi connectivity index (χ4v) is 1.42. The second kappa shape index (κ2) is 5.34. The van der Waals surface area contributed by atoms with Crippen molar-refractivity contribution in [3.8, 4) is 0 Å². The van der Waals surface area contributed by atoms with Crippen molar-refractivity contribution in [2.45, 2.75) is 34.6 Å². The summed E-state index contributed by atoms with van der Waals surface area (Å²) in [4.78, 5) is 23.5. The highest BCUT2D eigenvalue weighted by Crippen LogP contribution is 2.21. The molecule has 0 unspecified atom stereocenters. The summed E-state index contributed by atoms with van der Waals surface area (Å²) in [5.74, 6) is 0.0232. The van der Waals surface area contributed by atoms with Gasteiger partial charge in [-0.05, 0) is 24.3 Å². The van der Waals surface area contributed by atoms with Crippen LogP contribution in [0.4, 0.5) is 5.69 Å². The van der Waals surface area contributed by atoms with Gasteiger partial charge in [0, 0.05) is 22.6 Å². The standard InChI is InChI=1S/C15H21NO2/c1-10(2)14(18)16-12-8-6-11(7-9-12)13(17)15(3,4)5/h6-10H,1-5H3,(H,16,18). The molecule has 0 radical (unpaired) electrons. The van der Waals surface area contributed by atoms with Crippen molar-refractivity contribution >= 4 is 17.4 Å². The van der Waals surface area contributed by atoms with E-state index in [-0.39, 0.29) is 23.0 Å². The fraction of sp³-hybridized carbons (Fsp3) is 0.467. The van der Waals surface area contributed by atoms with Crippen LogP contribution in [0.5, 0.6) is 0 Å². The van der Waals surface area contributed by atoms with Gasteiger partial charge in [0.2, 0.25) is 5.91 Å². The van der Waals surface area contributed by atoms with E-state index in [2.05, 4.69) is 5.32 Å². The van der Waals surface area contributed by atoms with Crippen LogP contribution in [0.25, 0.3) is 0 Å². The summed E-state index contributed by atoms with van der Waals surface area (Å²) in [5, 5.41) is 2.80. The molecule has 3 heteroatoms. The van der Waals surface area contributed by atoms with Crippen LogP contribution in [-0.4, -0.2) is 11.7 Å². The highest BCUT2D eigenvalue weighted by molar-refractivity contribution is 6.00. The Morgan fingerprint density at radius 3 is 1.94 bits per heavy atom. The monoisotopic (exact) mass is 247 g/mol. The van der Waals surface area contributed by atoms with E-state index < -0.39 is 0 Å². The van der Waals surface area contributed by atoms with E-state index in [1.54, 1.807) is 24.3 Å². The van der Waals surface area contributed by atoms with Crippen LogP contribution in [-0.2, 0) is 4.79 Å². The zero-order chi connectivity index (χ0) is 13.9. The molecule has 1 N–H and O–H groups in total. The van der Waals surface area contributed by atoms with Crippen LogP contribution in [0, 0.1) is 11.3 Å². The first kappa shape index (κ1) is 14.4. The maximum Gasteiger partial charge on any atom is 0.226 e. The van der Waals surface area contributed by atoms with Gasteiger partial charge in [0.1, 0.15) is 0 Å². The number of carbonyl (C=O) groups is 2. The molecule has 0 fully saturated rings. The predicted octanol–water partition coefficient (Wildman–Crippen LogP) is 3.51. The third-order valence-electron chi connectivity index (χ3n) is 2.62. The van der Waals surface area contributed by atoms with Gasteiger partial charge < -0.3 is 5.32 Å². The summed E-state index contributed by atoms with van der Waals surface area (Å²) in [7, 11) is 0. The first-order valence-electron chi connectivity index (χ1n) is 6.17. The first-order valence-corrected chi connectivity index (χ1v) is 6.17. The summed E-state index contributed by atoms with van der Waals surface area (Å²) in [6, 6.07) is 7.03. The Bertz CT molecular complexity index is 439. The van der Waals surface area contributed by atoms with Crippen molar-refractivity contribution in [2.24, 2.45) is 11.3 Å². The third kappa shape index (κ3) is 3.69. The number of amides is 1. The predicted molar refractivity (Wildman–Crippen MR) is 73.7 cm³/mol. The number of anilines is 1. The van der Waals surface area contributed by atoms with Crippen molar-refractivity contribution in [3.05, 3.63) is 29.8 Å². The van der Waals surface area contributed by atoms with Crippen LogP contribution >= 0.6 is 0 Å². The molecule has 0 atom stereocenters. The minimum Gasteiger partial charge on any atom is -0.326 e. The normalized spacial score (nSPS) is 11.4. The first-order chi connectivity index (χ1) is 8.21. The summed E-state index contributed by atoms with van der Waals surface area (Å²) >= 11 is 0. The lowest BCUT2D eigenvalue weighted by Gasteiger charge is -2.16. The van der Waals surface area contributed by atoms with Crippen molar-refractivity contribution in [3.63, 3.8) is 0 Å². The molecule has 0 heterocycles. The van der Waals surface area contributed by atoms with E-state index in [0.717, 1.165) is 5.69 Å². The second-order valence-electron chi connectivity index (χ2n) is 5.80. The molecule has 0 bridgehead atoms. The Hall–Kier alpha value is -1.64. The van der Waals surface area contributed by atoms with Gasteiger partial charge in [-0.25, -0.2) is 0 Å². The summed E-state index contributed by atoms with van der Waals surface area (Å²) < 4.78 is 0. The molecule has 0 aliphatic carbocycles. The number of rotatable bonds is 3. The van der Waals surface area contributed by atoms with E-state index in [1.807, 2.05) is 34.6 Å². The molecule has 0 aromatic heterocycles. The van der Waals surface area contributed by atoms with Gasteiger partial charge >= 0.3 is 0 Å². The van der Waals surface area contributed by atoms with E-state index >= 15 is 0 Å². The van der Waals surface area contributed by atoms with Gasteiger partial charge in [-0.15, -0.1) is 0 Å². The minimum atomic E-state index is -0.386. The van der Waals surface area contributed by atoms with E-state index in [4.69, 9.17) is 0 Å². The van der Waals surface area contributed by atoms with Gasteiger partial charge in [-0.1, -0.05) is 34.6 Å². The molecule has 1 aromatic rings. The highest BCUT2D eigenvalue weighted by Gasteiger charge is 2.22. The van der Waals surface area contributed by atoms with Crippen LogP contribution in [0.15, 0.2) is 24.3 Å². The summed E-state index contributed by atoms with van der Waals surface area (Å²) in [6.45, 7) is 9.36. The average Bonchev–Trinajstić information content (AvgIpc) is 2.27. The van der Waals surface area contributed by atoms with Crippen LogP contribution in [0.3, 0.4) is 0 Å². The van der Waals surface area contributed by atoms with Gasteiger partial charge in [0.05, 0.1) is 0 Å². The molecular weight excluding hydrogens is 226 g/mol. The summed E-state index contributed by atoms with van der Waals surface area (Å²) in [5.41, 5.74) is 1.01. The Morgan fingerprint density at radius 1 is 1.06 bits per heavy atom. The quantitative estimate of drug-likeness (QED) is 0.831. The molecule has 0 aliphatic heterocycles. The van der Waals surface area contributed by atoms with Crippen molar-refractivity contribution in [1.82, 2.24) is 0 Å². The zero-order valence-corrected chi connectivity index (χ0v) is 11.7. The number of benzene rings is 1. The van der Waals surface area contributed by atoms with E-state index in [0.29, 0.717) is 5.56 Å². The number of carbonyl (C=O) groups excluding carboxylic acids is 2. The van der Waals surface area contributed by atoms with Crippen LogP contribution in [0.1, 0.15) is 45.0 Å². The van der Waals surface area contributed by atoms with Gasteiger partial charge in [-0.3, -0.25) is 9.59 Å². The molecule has 1 aromatic carbocycles. The van der Waals surface area contributed by atoms with Crippen molar-refractivity contribution in [2.75, 3.05) is 5.32 Å². The molecule has 0 saturated carbocycles. The number of Topliss-reactive ketones (excluding diaryl/α,β-unsaturated/α-hetero) is 1. The fourth-order valence-electron chi connectivity index (χ4n) is 1.42. The lowest BCUT2D eigenvalue weighted by Crippen LogP contribution is -2.20. The zero-order valence-electron chi connectivity index (χ0n) is 11.7. The SMILES string of the molecule is CC(C)C(=O)Nc1ccc(C(=O)C(C)(C)C)cc1. The smallest absolute Gasteiger partial charge is 0.226 e. The second-order valence-corrected chi connectivity index (χ2v) is 5.80. The Balaban J connectivity index is 2.81. The van der Waals surface area contributed by atoms with Crippen molar-refractivity contribution in [1.29, 1.82) is 0 Å². The molecule has 18 heavy (non-hydrogen) atoms. The van der Waals surface area contributed by atoms with E-state index in [9.17, 15) is 9.59 Å². The van der Waals surface area contributed by atoms with Gasteiger partial charge in [0.15, 0.2) is 5.78 Å². The number of hydrogen-bond donors (Lipinski definition) is 1. The number of hydrogen-bond acceptors (Lipinski definition) is 2.